The number of benzene rings is 2. The van der Waals surface area contributed by atoms with E-state index in [2.05, 4.69) is 5.32 Å². The van der Waals surface area contributed by atoms with E-state index in [1.54, 1.807) is 19.1 Å². The van der Waals surface area contributed by atoms with Gasteiger partial charge in [-0.3, -0.25) is 0 Å². The number of esters is 1. The van der Waals surface area contributed by atoms with Crippen molar-refractivity contribution < 1.29 is 24.5 Å². The smallest absolute Gasteiger partial charge is 0.344 e. The van der Waals surface area contributed by atoms with E-state index in [4.69, 9.17) is 21.1 Å². The molecule has 0 radical (unpaired) electrons. The Morgan fingerprint density at radius 3 is 2.86 bits per heavy atom. The Hall–Kier alpha value is -2.28. The van der Waals surface area contributed by atoms with Crippen LogP contribution in [-0.4, -0.2) is 42.0 Å². The van der Waals surface area contributed by atoms with Crippen LogP contribution >= 0.6 is 11.6 Å². The molecule has 3 N–H and O–H groups in total. The number of aryl methyl sites for hydroxylation is 1. The number of hydrogen-bond acceptors (Lipinski definition) is 6. The van der Waals surface area contributed by atoms with Crippen molar-refractivity contribution in [3.63, 3.8) is 0 Å². The summed E-state index contributed by atoms with van der Waals surface area (Å²) in [7, 11) is 0. The fourth-order valence-electron chi connectivity index (χ4n) is 3.47. The molecule has 0 fully saturated rings. The molecule has 0 heterocycles. The van der Waals surface area contributed by atoms with Gasteiger partial charge in [-0.05, 0) is 67.1 Å². The van der Waals surface area contributed by atoms with Crippen LogP contribution in [-0.2, 0) is 22.4 Å². The van der Waals surface area contributed by atoms with Crippen LogP contribution in [0.3, 0.4) is 0 Å². The quantitative estimate of drug-likeness (QED) is 0.569. The third-order valence-corrected chi connectivity index (χ3v) is 5.33. The van der Waals surface area contributed by atoms with Gasteiger partial charge in [-0.2, -0.15) is 0 Å². The number of carbonyl (C=O) groups is 1. The second kappa shape index (κ2) is 9.96. The molecular weight excluding hydrogens is 394 g/mol. The first-order valence-corrected chi connectivity index (χ1v) is 10.1. The van der Waals surface area contributed by atoms with Gasteiger partial charge in [0.2, 0.25) is 0 Å². The number of carbonyl (C=O) groups excluding carboxylic acids is 1. The minimum absolute atomic E-state index is 0.000410. The Morgan fingerprint density at radius 1 is 1.28 bits per heavy atom. The predicted molar refractivity (Wildman–Crippen MR) is 110 cm³/mol. The van der Waals surface area contributed by atoms with Crippen LogP contribution < -0.4 is 10.1 Å². The second-order valence-corrected chi connectivity index (χ2v) is 7.51. The maximum atomic E-state index is 11.5. The number of aliphatic hydroxyl groups is 1. The molecular formula is C22H26ClNO5. The summed E-state index contributed by atoms with van der Waals surface area (Å²) in [5, 5.41) is 23.5. The number of rotatable bonds is 8. The number of aliphatic hydroxyl groups excluding tert-OH is 1. The lowest BCUT2D eigenvalue weighted by molar-refractivity contribution is -0.145. The van der Waals surface area contributed by atoms with Crippen LogP contribution in [0.4, 0.5) is 0 Å². The SMILES string of the molecule is CCOC(=O)COc1ccc2c(c1)C[C@@H](NC[C@@H](O)c1ccc(O)c(Cl)c1)CC2. The Kier molecular flexibility index (Phi) is 7.36. The molecule has 7 heteroatoms. The molecule has 29 heavy (non-hydrogen) atoms. The highest BCUT2D eigenvalue weighted by Crippen LogP contribution is 2.28. The van der Waals surface area contributed by atoms with E-state index in [0.29, 0.717) is 24.5 Å². The maximum absolute atomic E-state index is 11.5. The van der Waals surface area contributed by atoms with Crippen molar-refractivity contribution in [1.29, 1.82) is 0 Å². The van der Waals surface area contributed by atoms with E-state index >= 15 is 0 Å². The monoisotopic (exact) mass is 419 g/mol. The lowest BCUT2D eigenvalue weighted by Gasteiger charge is -2.27. The number of phenolic OH excluding ortho intramolecular Hbond substituents is 1. The van der Waals surface area contributed by atoms with Crippen LogP contribution in [0.1, 0.15) is 36.1 Å². The molecule has 0 aliphatic heterocycles. The summed E-state index contributed by atoms with van der Waals surface area (Å²) in [4.78, 5) is 11.5. The average Bonchev–Trinajstić information content (AvgIpc) is 2.72. The summed E-state index contributed by atoms with van der Waals surface area (Å²) in [6.07, 6.45) is 2.01. The van der Waals surface area contributed by atoms with Crippen LogP contribution in [0, 0.1) is 0 Å². The minimum atomic E-state index is -0.714. The van der Waals surface area contributed by atoms with Gasteiger partial charge < -0.3 is 25.0 Å². The molecule has 0 saturated carbocycles. The highest BCUT2D eigenvalue weighted by molar-refractivity contribution is 6.32. The van der Waals surface area contributed by atoms with Crippen LogP contribution in [0.5, 0.6) is 11.5 Å². The van der Waals surface area contributed by atoms with E-state index in [0.717, 1.165) is 19.3 Å². The molecule has 0 spiro atoms. The molecule has 0 bridgehead atoms. The molecule has 1 aliphatic rings. The zero-order valence-electron chi connectivity index (χ0n) is 16.4. The van der Waals surface area contributed by atoms with E-state index in [9.17, 15) is 15.0 Å². The Balaban J connectivity index is 1.54. The first-order valence-electron chi connectivity index (χ1n) is 9.76. The molecule has 2 atom stereocenters. The van der Waals surface area contributed by atoms with Crippen molar-refractivity contribution in [3.8, 4) is 11.5 Å². The number of phenols is 1. The summed E-state index contributed by atoms with van der Waals surface area (Å²) >= 11 is 5.92. The molecule has 3 rings (SSSR count). The highest BCUT2D eigenvalue weighted by Gasteiger charge is 2.20. The lowest BCUT2D eigenvalue weighted by Crippen LogP contribution is -2.37. The molecule has 0 aromatic heterocycles. The minimum Gasteiger partial charge on any atom is -0.506 e. The zero-order valence-corrected chi connectivity index (χ0v) is 17.1. The third kappa shape index (κ3) is 5.85. The molecule has 2 aromatic carbocycles. The molecule has 0 unspecified atom stereocenters. The van der Waals surface area contributed by atoms with Crippen molar-refractivity contribution in [2.45, 2.75) is 38.3 Å². The summed E-state index contributed by atoms with van der Waals surface area (Å²) in [6, 6.07) is 10.8. The van der Waals surface area contributed by atoms with Crippen molar-refractivity contribution >= 4 is 17.6 Å². The van der Waals surface area contributed by atoms with Gasteiger partial charge in [0.25, 0.3) is 0 Å². The van der Waals surface area contributed by atoms with Crippen molar-refractivity contribution in [2.24, 2.45) is 0 Å². The fourth-order valence-corrected chi connectivity index (χ4v) is 3.66. The first kappa shape index (κ1) is 21.4. The van der Waals surface area contributed by atoms with Gasteiger partial charge in [-0.1, -0.05) is 23.7 Å². The molecule has 1 aliphatic carbocycles. The van der Waals surface area contributed by atoms with Gasteiger partial charge in [0.05, 0.1) is 17.7 Å². The molecule has 0 saturated heterocycles. The van der Waals surface area contributed by atoms with E-state index in [-0.39, 0.29) is 29.4 Å². The zero-order chi connectivity index (χ0) is 20.8. The first-order chi connectivity index (χ1) is 14.0. The van der Waals surface area contributed by atoms with Gasteiger partial charge in [0.1, 0.15) is 11.5 Å². The van der Waals surface area contributed by atoms with Gasteiger partial charge in [-0.15, -0.1) is 0 Å². The largest absolute Gasteiger partial charge is 0.506 e. The summed E-state index contributed by atoms with van der Waals surface area (Å²) in [5.74, 6) is 0.268. The van der Waals surface area contributed by atoms with Crippen LogP contribution in [0.25, 0.3) is 0 Å². The predicted octanol–water partition coefficient (Wildman–Crippen LogP) is 3.17. The van der Waals surface area contributed by atoms with Crippen LogP contribution in [0.2, 0.25) is 5.02 Å². The number of fused-ring (bicyclic) bond motifs is 1. The normalized spacial score (nSPS) is 16.7. The Morgan fingerprint density at radius 2 is 2.10 bits per heavy atom. The molecule has 2 aromatic rings. The molecule has 156 valence electrons. The fraction of sp³-hybridized carbons (Fsp3) is 0.409. The second-order valence-electron chi connectivity index (χ2n) is 7.10. The summed E-state index contributed by atoms with van der Waals surface area (Å²) in [5.41, 5.74) is 3.11. The van der Waals surface area contributed by atoms with Crippen molar-refractivity contribution in [1.82, 2.24) is 5.32 Å². The summed E-state index contributed by atoms with van der Waals surface area (Å²) < 4.78 is 10.4. The third-order valence-electron chi connectivity index (χ3n) is 5.02. The Bertz CT molecular complexity index is 857. The number of halogens is 1. The van der Waals surface area contributed by atoms with Gasteiger partial charge in [-0.25, -0.2) is 4.79 Å². The highest BCUT2D eigenvalue weighted by atomic mass is 35.5. The van der Waals surface area contributed by atoms with Crippen molar-refractivity contribution in [2.75, 3.05) is 19.8 Å². The molecule has 6 nitrogen and oxygen atoms in total. The number of nitrogens with one attached hydrogen (secondary N) is 1. The van der Waals surface area contributed by atoms with E-state index in [1.165, 1.54) is 17.2 Å². The average molecular weight is 420 g/mol. The van der Waals surface area contributed by atoms with Gasteiger partial charge >= 0.3 is 5.97 Å². The maximum Gasteiger partial charge on any atom is 0.344 e. The number of aromatic hydroxyl groups is 1. The topological polar surface area (TPSA) is 88.0 Å². The standard InChI is InChI=1S/C22H26ClNO5/c1-2-28-22(27)13-29-18-7-4-14-3-6-17(9-16(14)10-18)24-12-21(26)15-5-8-20(25)19(23)11-15/h4-5,7-8,10-11,17,21,24-26H,2-3,6,9,12-13H2,1H3/t17-,21+/m0/s1. The molecule has 0 amide bonds. The number of hydrogen-bond donors (Lipinski definition) is 3. The lowest BCUT2D eigenvalue weighted by atomic mass is 9.88. The van der Waals surface area contributed by atoms with Crippen LogP contribution in [0.15, 0.2) is 36.4 Å². The summed E-state index contributed by atoms with van der Waals surface area (Å²) in [6.45, 7) is 2.38. The van der Waals surface area contributed by atoms with Crippen molar-refractivity contribution in [3.05, 3.63) is 58.1 Å². The number of ether oxygens (including phenoxy) is 2. The van der Waals surface area contributed by atoms with E-state index in [1.807, 2.05) is 18.2 Å². The Labute approximate surface area is 175 Å². The van der Waals surface area contributed by atoms with Gasteiger partial charge in [0, 0.05) is 12.6 Å². The van der Waals surface area contributed by atoms with Gasteiger partial charge in [0.15, 0.2) is 6.61 Å². The van der Waals surface area contributed by atoms with E-state index < -0.39 is 6.10 Å².